The Balaban J connectivity index is 2.70. The molecule has 0 fully saturated rings. The largest absolute Gasteiger partial charge is 0.479 e. The highest BCUT2D eigenvalue weighted by Gasteiger charge is 2.22. The van der Waals surface area contributed by atoms with Gasteiger partial charge in [-0.25, -0.2) is 4.79 Å². The number of carbonyl (C=O) groups is 1. The number of carboxylic acids is 1. The molecule has 4 N–H and O–H groups in total. The van der Waals surface area contributed by atoms with Gasteiger partial charge in [0.2, 0.25) is 0 Å². The van der Waals surface area contributed by atoms with Crippen molar-refractivity contribution in [2.75, 3.05) is 0 Å². The van der Waals surface area contributed by atoms with Crippen molar-refractivity contribution >= 4 is 17.6 Å². The van der Waals surface area contributed by atoms with E-state index in [1.54, 1.807) is 24.3 Å². The van der Waals surface area contributed by atoms with Crippen molar-refractivity contribution < 1.29 is 15.0 Å². The number of carboxylic acid groups (broad SMARTS) is 1. The fraction of sp³-hybridized carbons (Fsp3) is 0.300. The maximum atomic E-state index is 10.5. The van der Waals surface area contributed by atoms with Crippen LogP contribution in [0.3, 0.4) is 0 Å². The molecule has 0 saturated heterocycles. The van der Waals surface area contributed by atoms with Gasteiger partial charge in [-0.1, -0.05) is 29.8 Å². The van der Waals surface area contributed by atoms with E-state index in [0.717, 1.165) is 5.56 Å². The lowest BCUT2D eigenvalue weighted by Gasteiger charge is -2.15. The van der Waals surface area contributed by atoms with Gasteiger partial charge < -0.3 is 15.9 Å². The van der Waals surface area contributed by atoms with Crippen molar-refractivity contribution in [2.45, 2.75) is 18.6 Å². The van der Waals surface area contributed by atoms with Crippen LogP contribution in [0.25, 0.3) is 0 Å². The van der Waals surface area contributed by atoms with Gasteiger partial charge in [-0.2, -0.15) is 0 Å². The molecule has 5 heteroatoms. The van der Waals surface area contributed by atoms with Crippen LogP contribution in [-0.4, -0.2) is 28.3 Å². The van der Waals surface area contributed by atoms with Crippen LogP contribution in [0, 0.1) is 0 Å². The smallest absolute Gasteiger partial charge is 0.334 e. The van der Waals surface area contributed by atoms with Crippen LogP contribution in [0.2, 0.25) is 5.02 Å². The molecule has 1 rings (SSSR count). The standard InChI is InChI=1S/C10H12ClNO3/c11-7-4-2-1-3-6(7)5-8(12)9(13)10(14)15/h1-4,8-9,13H,5,12H2,(H,14,15). The molecule has 1 aromatic rings. The van der Waals surface area contributed by atoms with Gasteiger partial charge in [-0.15, -0.1) is 0 Å². The van der Waals surface area contributed by atoms with E-state index in [4.69, 9.17) is 22.4 Å². The van der Waals surface area contributed by atoms with Crippen LogP contribution >= 0.6 is 11.6 Å². The Hall–Kier alpha value is -1.10. The van der Waals surface area contributed by atoms with Crippen LogP contribution in [0.15, 0.2) is 24.3 Å². The minimum Gasteiger partial charge on any atom is -0.479 e. The second kappa shape index (κ2) is 5.11. The van der Waals surface area contributed by atoms with Gasteiger partial charge >= 0.3 is 5.97 Å². The van der Waals surface area contributed by atoms with E-state index in [1.807, 2.05) is 0 Å². The molecule has 82 valence electrons. The molecule has 0 saturated carbocycles. The third kappa shape index (κ3) is 3.20. The summed E-state index contributed by atoms with van der Waals surface area (Å²) in [7, 11) is 0. The Bertz CT molecular complexity index is 356. The van der Waals surface area contributed by atoms with Crippen LogP contribution in [0.4, 0.5) is 0 Å². The van der Waals surface area contributed by atoms with Crippen molar-refractivity contribution in [1.82, 2.24) is 0 Å². The SMILES string of the molecule is NC(Cc1ccccc1Cl)C(O)C(=O)O. The molecule has 0 amide bonds. The zero-order chi connectivity index (χ0) is 11.4. The number of benzene rings is 1. The molecule has 0 aliphatic carbocycles. The summed E-state index contributed by atoms with van der Waals surface area (Å²) < 4.78 is 0. The lowest BCUT2D eigenvalue weighted by molar-refractivity contribution is -0.147. The number of aliphatic carboxylic acids is 1. The maximum absolute atomic E-state index is 10.5. The van der Waals surface area contributed by atoms with Gasteiger partial charge in [0, 0.05) is 11.1 Å². The highest BCUT2D eigenvalue weighted by Crippen LogP contribution is 2.16. The summed E-state index contributed by atoms with van der Waals surface area (Å²) in [6.07, 6.45) is -1.34. The summed E-state index contributed by atoms with van der Waals surface area (Å²) in [4.78, 5) is 10.5. The third-order valence-corrected chi connectivity index (χ3v) is 2.44. The second-order valence-corrected chi connectivity index (χ2v) is 3.65. The van der Waals surface area contributed by atoms with Gasteiger partial charge in [0.25, 0.3) is 0 Å². The van der Waals surface area contributed by atoms with Gasteiger partial charge in [0.05, 0.1) is 0 Å². The molecule has 2 atom stereocenters. The van der Waals surface area contributed by atoms with E-state index in [9.17, 15) is 9.90 Å². The maximum Gasteiger partial charge on any atom is 0.334 e. The normalized spacial score (nSPS) is 14.6. The van der Waals surface area contributed by atoms with Crippen molar-refractivity contribution in [2.24, 2.45) is 5.73 Å². The fourth-order valence-electron chi connectivity index (χ4n) is 1.21. The predicted molar refractivity (Wildman–Crippen MR) is 56.8 cm³/mol. The number of hydrogen-bond acceptors (Lipinski definition) is 3. The number of hydrogen-bond donors (Lipinski definition) is 3. The zero-order valence-electron chi connectivity index (χ0n) is 7.93. The predicted octanol–water partition coefficient (Wildman–Crippen LogP) is 0.655. The molecule has 0 bridgehead atoms. The number of halogens is 1. The average Bonchev–Trinajstić information content (AvgIpc) is 2.20. The van der Waals surface area contributed by atoms with E-state index in [1.165, 1.54) is 0 Å². The van der Waals surface area contributed by atoms with Crippen molar-refractivity contribution in [3.05, 3.63) is 34.9 Å². The molecule has 2 unspecified atom stereocenters. The quantitative estimate of drug-likeness (QED) is 0.708. The van der Waals surface area contributed by atoms with Gasteiger partial charge in [-0.05, 0) is 18.1 Å². The van der Waals surface area contributed by atoms with Gasteiger partial charge in [-0.3, -0.25) is 0 Å². The number of nitrogens with two attached hydrogens (primary N) is 1. The monoisotopic (exact) mass is 229 g/mol. The first kappa shape index (κ1) is 12.0. The number of aliphatic hydroxyl groups is 1. The van der Waals surface area contributed by atoms with Crippen LogP contribution < -0.4 is 5.73 Å². The molecule has 1 aromatic carbocycles. The van der Waals surface area contributed by atoms with Gasteiger partial charge in [0.15, 0.2) is 6.10 Å². The van der Waals surface area contributed by atoms with E-state index >= 15 is 0 Å². The van der Waals surface area contributed by atoms with Crippen LogP contribution in [-0.2, 0) is 11.2 Å². The molecule has 0 spiro atoms. The highest BCUT2D eigenvalue weighted by molar-refractivity contribution is 6.31. The summed E-state index contributed by atoms with van der Waals surface area (Å²) in [6, 6.07) is 6.13. The fourth-order valence-corrected chi connectivity index (χ4v) is 1.43. The summed E-state index contributed by atoms with van der Waals surface area (Å²) >= 11 is 5.87. The summed E-state index contributed by atoms with van der Waals surface area (Å²) in [5.41, 5.74) is 6.26. The highest BCUT2D eigenvalue weighted by atomic mass is 35.5. The van der Waals surface area contributed by atoms with Crippen LogP contribution in [0.1, 0.15) is 5.56 Å². The first-order valence-electron chi connectivity index (χ1n) is 4.42. The van der Waals surface area contributed by atoms with Crippen molar-refractivity contribution in [1.29, 1.82) is 0 Å². The summed E-state index contributed by atoms with van der Waals surface area (Å²) in [5, 5.41) is 18.2. The molecule has 0 aliphatic heterocycles. The van der Waals surface area contributed by atoms with E-state index < -0.39 is 18.1 Å². The zero-order valence-corrected chi connectivity index (χ0v) is 8.69. The second-order valence-electron chi connectivity index (χ2n) is 3.24. The Morgan fingerprint density at radius 2 is 2.07 bits per heavy atom. The number of aliphatic hydroxyl groups excluding tert-OH is 1. The Morgan fingerprint density at radius 3 is 2.60 bits per heavy atom. The van der Waals surface area contributed by atoms with Crippen molar-refractivity contribution in [3.63, 3.8) is 0 Å². The molecule has 0 radical (unpaired) electrons. The number of rotatable bonds is 4. The first-order chi connectivity index (χ1) is 7.02. The molecule has 4 nitrogen and oxygen atoms in total. The minimum atomic E-state index is -1.57. The first-order valence-corrected chi connectivity index (χ1v) is 4.80. The summed E-state index contributed by atoms with van der Waals surface area (Å²) in [6.45, 7) is 0. The summed E-state index contributed by atoms with van der Waals surface area (Å²) in [5.74, 6) is -1.32. The molecule has 15 heavy (non-hydrogen) atoms. The molecule has 0 aromatic heterocycles. The van der Waals surface area contributed by atoms with E-state index in [2.05, 4.69) is 0 Å². The Morgan fingerprint density at radius 1 is 1.47 bits per heavy atom. The topological polar surface area (TPSA) is 83.5 Å². The molecular formula is C10H12ClNO3. The van der Waals surface area contributed by atoms with E-state index in [0.29, 0.717) is 5.02 Å². The lowest BCUT2D eigenvalue weighted by Crippen LogP contribution is -2.41. The molecule has 0 aliphatic rings. The minimum absolute atomic E-state index is 0.229. The molecular weight excluding hydrogens is 218 g/mol. The third-order valence-electron chi connectivity index (χ3n) is 2.07. The average molecular weight is 230 g/mol. The Labute approximate surface area is 92.3 Å². The lowest BCUT2D eigenvalue weighted by atomic mass is 10.0. The van der Waals surface area contributed by atoms with Crippen molar-refractivity contribution in [3.8, 4) is 0 Å². The molecule has 0 heterocycles. The van der Waals surface area contributed by atoms with Crippen LogP contribution in [0.5, 0.6) is 0 Å². The Kier molecular flexibility index (Phi) is 4.08. The van der Waals surface area contributed by atoms with E-state index in [-0.39, 0.29) is 6.42 Å². The van der Waals surface area contributed by atoms with Gasteiger partial charge in [0.1, 0.15) is 0 Å².